The van der Waals surface area contributed by atoms with Crippen molar-refractivity contribution >= 4 is 29.2 Å². The van der Waals surface area contributed by atoms with Gasteiger partial charge in [0.15, 0.2) is 13.2 Å². The molecular weight excluding hydrogens is 330 g/mol. The quantitative estimate of drug-likeness (QED) is 0.812. The number of benzene rings is 2. The summed E-state index contributed by atoms with van der Waals surface area (Å²) in [5.74, 6) is -0.450. The number of ether oxygens (including phenoxy) is 2. The van der Waals surface area contributed by atoms with Gasteiger partial charge < -0.3 is 14.8 Å². The summed E-state index contributed by atoms with van der Waals surface area (Å²) in [5.41, 5.74) is 2.58. The molecule has 1 N–H and O–H groups in total. The molecule has 1 amide bonds. The first-order chi connectivity index (χ1) is 11.4. The Morgan fingerprint density at radius 3 is 2.58 bits per heavy atom. The van der Waals surface area contributed by atoms with E-state index in [1.54, 1.807) is 30.3 Å². The fourth-order valence-electron chi connectivity index (χ4n) is 2.05. The van der Waals surface area contributed by atoms with Crippen LogP contribution in [-0.4, -0.2) is 25.1 Å². The molecule has 0 aromatic heterocycles. The average molecular weight is 348 g/mol. The Kier molecular flexibility index (Phi) is 6.21. The zero-order valence-electron chi connectivity index (χ0n) is 13.5. The first-order valence-corrected chi connectivity index (χ1v) is 7.73. The van der Waals surface area contributed by atoms with Gasteiger partial charge in [0.05, 0.1) is 0 Å². The third kappa shape index (κ3) is 5.59. The standard InChI is InChI=1S/C18H18ClNO4/c1-12-6-7-16(13(2)8-12)23-11-18(22)24-10-17(21)20-15-5-3-4-14(19)9-15/h3-9H,10-11H2,1-2H3,(H,20,21). The molecule has 2 aromatic carbocycles. The van der Waals surface area contributed by atoms with Gasteiger partial charge in [-0.15, -0.1) is 0 Å². The van der Waals surface area contributed by atoms with Crippen molar-refractivity contribution in [3.63, 3.8) is 0 Å². The molecule has 0 spiro atoms. The fourth-order valence-corrected chi connectivity index (χ4v) is 2.24. The SMILES string of the molecule is Cc1ccc(OCC(=O)OCC(=O)Nc2cccc(Cl)c2)c(C)c1. The molecule has 0 atom stereocenters. The predicted octanol–water partition coefficient (Wildman–Crippen LogP) is 3.52. The van der Waals surface area contributed by atoms with Gasteiger partial charge in [0.25, 0.3) is 5.91 Å². The second-order valence-electron chi connectivity index (χ2n) is 5.28. The fraction of sp³-hybridized carbons (Fsp3) is 0.222. The van der Waals surface area contributed by atoms with Gasteiger partial charge in [-0.25, -0.2) is 4.79 Å². The Morgan fingerprint density at radius 1 is 1.08 bits per heavy atom. The van der Waals surface area contributed by atoms with E-state index < -0.39 is 11.9 Å². The van der Waals surface area contributed by atoms with Crippen LogP contribution in [0.2, 0.25) is 5.02 Å². The second-order valence-corrected chi connectivity index (χ2v) is 5.71. The summed E-state index contributed by atoms with van der Waals surface area (Å²) in [6.07, 6.45) is 0. The smallest absolute Gasteiger partial charge is 0.344 e. The minimum Gasteiger partial charge on any atom is -0.482 e. The molecule has 2 rings (SSSR count). The number of carbonyl (C=O) groups excluding carboxylic acids is 2. The number of hydrogen-bond acceptors (Lipinski definition) is 4. The highest BCUT2D eigenvalue weighted by molar-refractivity contribution is 6.30. The lowest BCUT2D eigenvalue weighted by Crippen LogP contribution is -2.23. The van der Waals surface area contributed by atoms with Crippen LogP contribution in [0, 0.1) is 13.8 Å². The van der Waals surface area contributed by atoms with Crippen LogP contribution in [0.15, 0.2) is 42.5 Å². The van der Waals surface area contributed by atoms with Crippen LogP contribution in [0.4, 0.5) is 5.69 Å². The van der Waals surface area contributed by atoms with Gasteiger partial charge in [-0.1, -0.05) is 35.4 Å². The molecule has 2 aromatic rings. The molecule has 0 saturated carbocycles. The van der Waals surface area contributed by atoms with Crippen LogP contribution in [0.3, 0.4) is 0 Å². The van der Waals surface area contributed by atoms with Crippen LogP contribution < -0.4 is 10.1 Å². The lowest BCUT2D eigenvalue weighted by atomic mass is 10.1. The molecule has 0 saturated heterocycles. The summed E-state index contributed by atoms with van der Waals surface area (Å²) in [5, 5.41) is 3.09. The van der Waals surface area contributed by atoms with Crippen molar-refractivity contribution in [3.05, 3.63) is 58.6 Å². The number of rotatable bonds is 6. The maximum absolute atomic E-state index is 11.7. The maximum atomic E-state index is 11.7. The van der Waals surface area contributed by atoms with E-state index in [4.69, 9.17) is 21.1 Å². The molecule has 0 aliphatic rings. The van der Waals surface area contributed by atoms with Crippen molar-refractivity contribution in [2.75, 3.05) is 18.5 Å². The van der Waals surface area contributed by atoms with E-state index in [-0.39, 0.29) is 13.2 Å². The van der Waals surface area contributed by atoms with Crippen molar-refractivity contribution in [2.45, 2.75) is 13.8 Å². The van der Waals surface area contributed by atoms with Gasteiger partial charge in [0.1, 0.15) is 5.75 Å². The Morgan fingerprint density at radius 2 is 1.88 bits per heavy atom. The first kappa shape index (κ1) is 17.8. The highest BCUT2D eigenvalue weighted by Gasteiger charge is 2.10. The minimum atomic E-state index is -0.615. The minimum absolute atomic E-state index is 0.256. The summed E-state index contributed by atoms with van der Waals surface area (Å²) in [7, 11) is 0. The maximum Gasteiger partial charge on any atom is 0.344 e. The number of amides is 1. The molecule has 0 aliphatic heterocycles. The Balaban J connectivity index is 1.75. The zero-order chi connectivity index (χ0) is 17.5. The zero-order valence-corrected chi connectivity index (χ0v) is 14.2. The molecule has 0 aliphatic carbocycles. The highest BCUT2D eigenvalue weighted by Crippen LogP contribution is 2.18. The van der Waals surface area contributed by atoms with Crippen molar-refractivity contribution in [2.24, 2.45) is 0 Å². The van der Waals surface area contributed by atoms with Crippen molar-refractivity contribution in [1.82, 2.24) is 0 Å². The number of hydrogen-bond donors (Lipinski definition) is 1. The van der Waals surface area contributed by atoms with Gasteiger partial charge >= 0.3 is 5.97 Å². The Hall–Kier alpha value is -2.53. The topological polar surface area (TPSA) is 64.6 Å². The summed E-state index contributed by atoms with van der Waals surface area (Å²) in [4.78, 5) is 23.4. The van der Waals surface area contributed by atoms with E-state index in [9.17, 15) is 9.59 Å². The third-order valence-corrected chi connectivity index (χ3v) is 3.38. The molecule has 126 valence electrons. The molecule has 0 fully saturated rings. The van der Waals surface area contributed by atoms with Gasteiger partial charge in [0.2, 0.25) is 0 Å². The van der Waals surface area contributed by atoms with Crippen LogP contribution in [0.1, 0.15) is 11.1 Å². The van der Waals surface area contributed by atoms with Gasteiger partial charge in [0, 0.05) is 10.7 Å². The number of esters is 1. The molecule has 6 heteroatoms. The van der Waals surface area contributed by atoms with E-state index in [1.165, 1.54) is 0 Å². The lowest BCUT2D eigenvalue weighted by molar-refractivity contribution is -0.149. The Bertz CT molecular complexity index is 746. The molecular formula is C18H18ClNO4. The van der Waals surface area contributed by atoms with Crippen LogP contribution >= 0.6 is 11.6 Å². The van der Waals surface area contributed by atoms with E-state index in [1.807, 2.05) is 26.0 Å². The molecule has 0 radical (unpaired) electrons. The van der Waals surface area contributed by atoms with E-state index in [0.29, 0.717) is 16.5 Å². The van der Waals surface area contributed by atoms with E-state index in [0.717, 1.165) is 11.1 Å². The van der Waals surface area contributed by atoms with Crippen molar-refractivity contribution in [1.29, 1.82) is 0 Å². The largest absolute Gasteiger partial charge is 0.482 e. The first-order valence-electron chi connectivity index (χ1n) is 7.35. The summed E-state index contributed by atoms with van der Waals surface area (Å²) >= 11 is 5.82. The number of carbonyl (C=O) groups is 2. The van der Waals surface area contributed by atoms with Crippen LogP contribution in [0.25, 0.3) is 0 Å². The normalized spacial score (nSPS) is 10.1. The summed E-state index contributed by atoms with van der Waals surface area (Å²) in [6, 6.07) is 12.3. The molecule has 0 unspecified atom stereocenters. The Labute approximate surface area is 145 Å². The second kappa shape index (κ2) is 8.36. The van der Waals surface area contributed by atoms with Gasteiger partial charge in [-0.05, 0) is 43.7 Å². The van der Waals surface area contributed by atoms with Crippen molar-refractivity contribution in [3.8, 4) is 5.75 Å². The molecule has 24 heavy (non-hydrogen) atoms. The van der Waals surface area contributed by atoms with Gasteiger partial charge in [-0.2, -0.15) is 0 Å². The van der Waals surface area contributed by atoms with Gasteiger partial charge in [-0.3, -0.25) is 4.79 Å². The third-order valence-electron chi connectivity index (χ3n) is 3.15. The predicted molar refractivity (Wildman–Crippen MR) is 92.5 cm³/mol. The number of nitrogens with one attached hydrogen (secondary N) is 1. The highest BCUT2D eigenvalue weighted by atomic mass is 35.5. The van der Waals surface area contributed by atoms with E-state index >= 15 is 0 Å². The van der Waals surface area contributed by atoms with Crippen LogP contribution in [-0.2, 0) is 14.3 Å². The molecule has 0 heterocycles. The number of halogens is 1. The average Bonchev–Trinajstić information content (AvgIpc) is 2.52. The van der Waals surface area contributed by atoms with Crippen molar-refractivity contribution < 1.29 is 19.1 Å². The summed E-state index contributed by atoms with van der Waals surface area (Å²) in [6.45, 7) is 3.23. The monoisotopic (exact) mass is 347 g/mol. The summed E-state index contributed by atoms with van der Waals surface area (Å²) < 4.78 is 10.3. The molecule has 0 bridgehead atoms. The number of anilines is 1. The van der Waals surface area contributed by atoms with E-state index in [2.05, 4.69) is 5.32 Å². The van der Waals surface area contributed by atoms with Crippen LogP contribution in [0.5, 0.6) is 5.75 Å². The number of aryl methyl sites for hydroxylation is 2. The molecule has 5 nitrogen and oxygen atoms in total. The lowest BCUT2D eigenvalue weighted by Gasteiger charge is -2.10.